The molecule has 0 radical (unpaired) electrons. The Morgan fingerprint density at radius 1 is 1.14 bits per heavy atom. The van der Waals surface area contributed by atoms with Gasteiger partial charge in [-0.15, -0.1) is 4.52 Å². The van der Waals surface area contributed by atoms with Crippen molar-refractivity contribution >= 4 is 11.6 Å². The smallest absolute Gasteiger partial charge is 0.355 e. The molecule has 0 aliphatic heterocycles. The number of carbonyl (C=O) groups is 1. The van der Waals surface area contributed by atoms with E-state index in [1.165, 1.54) is 0 Å². The number of aromatic nitrogens is 4. The van der Waals surface area contributed by atoms with Gasteiger partial charge in [0.1, 0.15) is 11.9 Å². The predicted molar refractivity (Wildman–Crippen MR) is 105 cm³/mol. The second-order valence-corrected chi connectivity index (χ2v) is 6.27. The van der Waals surface area contributed by atoms with E-state index in [1.807, 2.05) is 60.4 Å². The maximum absolute atomic E-state index is 12.1. The maximum Gasteiger partial charge on any atom is 0.355 e. The lowest BCUT2D eigenvalue weighted by Crippen LogP contribution is -2.23. The number of carbonyl (C=O) groups excluding carboxylic acids is 1. The summed E-state index contributed by atoms with van der Waals surface area (Å²) in [5.41, 5.74) is 4.99. The Morgan fingerprint density at radius 2 is 1.96 bits per heavy atom. The van der Waals surface area contributed by atoms with Crippen LogP contribution in [0.2, 0.25) is 0 Å². The molecular formula is C21H20N5O2+. The molecule has 140 valence electrons. The molecule has 0 fully saturated rings. The summed E-state index contributed by atoms with van der Waals surface area (Å²) < 4.78 is 7.06. The number of ether oxygens (including phenoxy) is 1. The fourth-order valence-corrected chi connectivity index (χ4v) is 3.04. The van der Waals surface area contributed by atoms with E-state index in [1.54, 1.807) is 19.5 Å². The lowest BCUT2D eigenvalue weighted by atomic mass is 10.1. The summed E-state index contributed by atoms with van der Waals surface area (Å²) in [4.78, 5) is 20.9. The van der Waals surface area contributed by atoms with Gasteiger partial charge in [-0.05, 0) is 35.7 Å². The fraction of sp³-hybridized carbons (Fsp3) is 0.143. The van der Waals surface area contributed by atoms with Gasteiger partial charge in [-0.25, -0.2) is 5.10 Å². The van der Waals surface area contributed by atoms with Crippen LogP contribution in [0.1, 0.15) is 17.3 Å². The minimum absolute atomic E-state index is 0.140. The van der Waals surface area contributed by atoms with Crippen LogP contribution in [0, 0.1) is 0 Å². The van der Waals surface area contributed by atoms with Crippen molar-refractivity contribution in [2.75, 3.05) is 13.7 Å². The van der Waals surface area contributed by atoms with Crippen molar-refractivity contribution in [1.82, 2.24) is 20.4 Å². The summed E-state index contributed by atoms with van der Waals surface area (Å²) in [6.07, 6.45) is 8.96. The first kappa shape index (κ1) is 17.7. The van der Waals surface area contributed by atoms with Crippen molar-refractivity contribution in [3.05, 3.63) is 66.9 Å². The molecule has 28 heavy (non-hydrogen) atoms. The Morgan fingerprint density at radius 3 is 2.71 bits per heavy atom. The summed E-state index contributed by atoms with van der Waals surface area (Å²) in [6.45, 7) is 2.46. The zero-order chi connectivity index (χ0) is 19.5. The van der Waals surface area contributed by atoms with Gasteiger partial charge in [0.05, 0.1) is 30.0 Å². The highest BCUT2D eigenvalue weighted by atomic mass is 16.5. The molecule has 7 nitrogen and oxygen atoms in total. The number of pyridine rings is 1. The van der Waals surface area contributed by atoms with Gasteiger partial charge >= 0.3 is 5.65 Å². The normalized spacial score (nSPS) is 10.8. The van der Waals surface area contributed by atoms with Crippen LogP contribution in [0.15, 0.2) is 61.3 Å². The fourth-order valence-electron chi connectivity index (χ4n) is 3.04. The minimum Gasteiger partial charge on any atom is -0.497 e. The van der Waals surface area contributed by atoms with Crippen LogP contribution in [0.5, 0.6) is 5.75 Å². The summed E-state index contributed by atoms with van der Waals surface area (Å²) >= 11 is 0. The van der Waals surface area contributed by atoms with Gasteiger partial charge in [0.15, 0.2) is 6.20 Å². The molecule has 0 spiro atoms. The van der Waals surface area contributed by atoms with Crippen molar-refractivity contribution in [2.45, 2.75) is 6.92 Å². The molecule has 4 rings (SSSR count). The molecule has 0 unspecified atom stereocenters. The lowest BCUT2D eigenvalue weighted by Gasteiger charge is -2.03. The third kappa shape index (κ3) is 3.29. The molecule has 2 N–H and O–H groups in total. The zero-order valence-electron chi connectivity index (χ0n) is 15.6. The number of amides is 1. The average molecular weight is 374 g/mol. The van der Waals surface area contributed by atoms with Gasteiger partial charge in [0.25, 0.3) is 5.91 Å². The SMILES string of the molecule is CCNC(=O)c1cncc(-c2c[nH][n+]3cc(-c4ccc(OC)cc4)cnc23)c1. The summed E-state index contributed by atoms with van der Waals surface area (Å²) in [7, 11) is 1.65. The molecule has 3 heterocycles. The highest BCUT2D eigenvalue weighted by Crippen LogP contribution is 2.24. The third-order valence-corrected chi connectivity index (χ3v) is 4.48. The predicted octanol–water partition coefficient (Wildman–Crippen LogP) is 2.64. The Labute approximate surface area is 162 Å². The quantitative estimate of drug-likeness (QED) is 0.526. The minimum atomic E-state index is -0.140. The van der Waals surface area contributed by atoms with Crippen LogP contribution in [0.3, 0.4) is 0 Å². The van der Waals surface area contributed by atoms with Crippen LogP contribution >= 0.6 is 0 Å². The number of hydrogen-bond donors (Lipinski definition) is 2. The monoisotopic (exact) mass is 374 g/mol. The Bertz CT molecular complexity index is 1140. The first-order chi connectivity index (χ1) is 13.7. The van der Waals surface area contributed by atoms with Crippen molar-refractivity contribution in [3.8, 4) is 28.0 Å². The largest absolute Gasteiger partial charge is 0.497 e. The standard InChI is InChI=1S/C21H19N5O2/c1-3-23-21(27)16-8-15(9-22-10-16)19-12-25-26-13-17(11-24-20(19)26)14-4-6-18(28-2)7-5-14/h4-13H,3H2,1-2H3,(H,23,27)/p+1. The number of aromatic amines is 1. The van der Waals surface area contributed by atoms with E-state index in [4.69, 9.17) is 4.74 Å². The highest BCUT2D eigenvalue weighted by molar-refractivity contribution is 5.95. The Balaban J connectivity index is 1.70. The van der Waals surface area contributed by atoms with Crippen molar-refractivity contribution in [3.63, 3.8) is 0 Å². The topological polar surface area (TPSA) is 84.0 Å². The first-order valence-corrected chi connectivity index (χ1v) is 8.96. The summed E-state index contributed by atoms with van der Waals surface area (Å²) in [5.74, 6) is 0.672. The molecule has 0 atom stereocenters. The van der Waals surface area contributed by atoms with E-state index in [0.29, 0.717) is 12.1 Å². The van der Waals surface area contributed by atoms with Crippen molar-refractivity contribution in [2.24, 2.45) is 0 Å². The van der Waals surface area contributed by atoms with Gasteiger partial charge in [-0.1, -0.05) is 12.1 Å². The molecule has 0 bridgehead atoms. The van der Waals surface area contributed by atoms with Crippen molar-refractivity contribution in [1.29, 1.82) is 0 Å². The summed E-state index contributed by atoms with van der Waals surface area (Å²) in [6, 6.07) is 9.64. The molecule has 0 aliphatic rings. The van der Waals surface area contributed by atoms with E-state index in [9.17, 15) is 4.79 Å². The second kappa shape index (κ2) is 7.48. The molecule has 7 heteroatoms. The van der Waals surface area contributed by atoms with Crippen LogP contribution < -0.4 is 14.6 Å². The van der Waals surface area contributed by atoms with E-state index in [0.717, 1.165) is 33.7 Å². The van der Waals surface area contributed by atoms with E-state index in [-0.39, 0.29) is 5.91 Å². The molecule has 0 aliphatic carbocycles. The average Bonchev–Trinajstić information content (AvgIpc) is 3.17. The van der Waals surface area contributed by atoms with E-state index >= 15 is 0 Å². The van der Waals surface area contributed by atoms with E-state index in [2.05, 4.69) is 20.4 Å². The zero-order valence-corrected chi connectivity index (χ0v) is 15.6. The lowest BCUT2D eigenvalue weighted by molar-refractivity contribution is -0.578. The van der Waals surface area contributed by atoms with Gasteiger partial charge in [-0.2, -0.15) is 0 Å². The van der Waals surface area contributed by atoms with Crippen LogP contribution in [-0.4, -0.2) is 34.6 Å². The van der Waals surface area contributed by atoms with Crippen LogP contribution in [-0.2, 0) is 0 Å². The number of methoxy groups -OCH3 is 1. The Kier molecular flexibility index (Phi) is 4.72. The Hall–Kier alpha value is -3.74. The van der Waals surface area contributed by atoms with Gasteiger partial charge in [0.2, 0.25) is 0 Å². The highest BCUT2D eigenvalue weighted by Gasteiger charge is 2.18. The first-order valence-electron chi connectivity index (χ1n) is 8.96. The third-order valence-electron chi connectivity index (χ3n) is 4.48. The number of benzene rings is 1. The van der Waals surface area contributed by atoms with Gasteiger partial charge in [0, 0.05) is 24.5 Å². The van der Waals surface area contributed by atoms with Crippen LogP contribution in [0.25, 0.3) is 27.9 Å². The maximum atomic E-state index is 12.1. The number of nitrogens with one attached hydrogen (secondary N) is 2. The molecule has 1 aromatic carbocycles. The van der Waals surface area contributed by atoms with Crippen LogP contribution in [0.4, 0.5) is 0 Å². The number of H-pyrrole nitrogens is 1. The molecule has 0 saturated carbocycles. The molecular weight excluding hydrogens is 354 g/mol. The van der Waals surface area contributed by atoms with E-state index < -0.39 is 0 Å². The van der Waals surface area contributed by atoms with Crippen molar-refractivity contribution < 1.29 is 14.0 Å². The second-order valence-electron chi connectivity index (χ2n) is 6.27. The summed E-state index contributed by atoms with van der Waals surface area (Å²) in [5, 5.41) is 5.98. The van der Waals surface area contributed by atoms with Gasteiger partial charge < -0.3 is 10.1 Å². The number of rotatable bonds is 5. The van der Waals surface area contributed by atoms with Gasteiger partial charge in [-0.3, -0.25) is 9.78 Å². The number of nitrogens with zero attached hydrogens (tertiary/aromatic N) is 3. The molecule has 1 amide bonds. The number of fused-ring (bicyclic) bond motifs is 1. The molecule has 3 aromatic heterocycles. The molecule has 0 saturated heterocycles. The molecule has 4 aromatic rings. The number of hydrogen-bond acceptors (Lipinski definition) is 4.